The Morgan fingerprint density at radius 3 is 2.00 bits per heavy atom. The van der Waals surface area contributed by atoms with E-state index >= 15 is 0 Å². The van der Waals surface area contributed by atoms with Crippen LogP contribution >= 0.6 is 0 Å². The molecule has 0 aliphatic carbocycles. The largest absolute Gasteiger partial charge is 0.457 e. The third-order valence-corrected chi connectivity index (χ3v) is 3.81. The minimum absolute atomic E-state index is 0.682. The Morgan fingerprint density at radius 1 is 0.850 bits per heavy atom. The van der Waals surface area contributed by atoms with E-state index in [-0.39, 0.29) is 0 Å². The van der Waals surface area contributed by atoms with Gasteiger partial charge in [0.05, 0.1) is 0 Å². The lowest BCUT2D eigenvalue weighted by Crippen LogP contribution is -2.26. The Bertz CT molecular complexity index is 542. The molecule has 1 fully saturated rings. The molecule has 3 heteroatoms. The van der Waals surface area contributed by atoms with Gasteiger partial charge in [0.2, 0.25) is 0 Å². The van der Waals surface area contributed by atoms with Gasteiger partial charge in [0.25, 0.3) is 0 Å². The molecule has 0 saturated carbocycles. The highest BCUT2D eigenvalue weighted by atomic mass is 16.5. The van der Waals surface area contributed by atoms with Crippen molar-refractivity contribution in [1.82, 2.24) is 5.32 Å². The summed E-state index contributed by atoms with van der Waals surface area (Å²) in [6.45, 7) is 2.24. The van der Waals surface area contributed by atoms with Crippen molar-refractivity contribution >= 4 is 5.69 Å². The molecule has 104 valence electrons. The molecule has 1 aliphatic heterocycles. The maximum absolute atomic E-state index is 5.81. The van der Waals surface area contributed by atoms with Gasteiger partial charge in [-0.25, -0.2) is 0 Å². The van der Waals surface area contributed by atoms with E-state index in [0.717, 1.165) is 30.3 Å². The van der Waals surface area contributed by atoms with Crippen molar-refractivity contribution < 1.29 is 4.74 Å². The molecule has 3 N–H and O–H groups in total. The van der Waals surface area contributed by atoms with Crippen LogP contribution in [0.4, 0.5) is 5.69 Å². The van der Waals surface area contributed by atoms with E-state index in [0.29, 0.717) is 5.92 Å². The standard InChI is InChI=1S/C17H20N2O/c18-15-3-7-17(8-4-15)20-16-5-1-13(2-6-16)14-9-11-19-12-10-14/h1-8,14,19H,9-12,18H2. The molecular formula is C17H20N2O. The number of ether oxygens (including phenoxy) is 1. The number of piperidine rings is 1. The molecule has 1 aliphatic rings. The molecule has 3 rings (SSSR count). The first kappa shape index (κ1) is 13.0. The number of nitrogen functional groups attached to an aromatic ring is 1. The van der Waals surface area contributed by atoms with Gasteiger partial charge >= 0.3 is 0 Å². The second-order valence-electron chi connectivity index (χ2n) is 5.26. The SMILES string of the molecule is Nc1ccc(Oc2ccc(C3CCNCC3)cc2)cc1. The summed E-state index contributed by atoms with van der Waals surface area (Å²) in [4.78, 5) is 0. The number of benzene rings is 2. The van der Waals surface area contributed by atoms with Crippen LogP contribution in [0, 0.1) is 0 Å². The zero-order valence-corrected chi connectivity index (χ0v) is 11.5. The maximum atomic E-state index is 5.81. The van der Waals surface area contributed by atoms with E-state index in [1.807, 2.05) is 36.4 Å². The number of hydrogen-bond donors (Lipinski definition) is 2. The van der Waals surface area contributed by atoms with Gasteiger partial charge in [-0.3, -0.25) is 0 Å². The summed E-state index contributed by atoms with van der Waals surface area (Å²) in [5.41, 5.74) is 7.82. The normalized spacial score (nSPS) is 16.0. The average Bonchev–Trinajstić information content (AvgIpc) is 2.51. The highest BCUT2D eigenvalue weighted by Gasteiger charge is 2.14. The Morgan fingerprint density at radius 2 is 1.40 bits per heavy atom. The summed E-state index contributed by atoms with van der Waals surface area (Å²) < 4.78 is 5.81. The summed E-state index contributed by atoms with van der Waals surface area (Å²) in [7, 11) is 0. The third-order valence-electron chi connectivity index (χ3n) is 3.81. The van der Waals surface area contributed by atoms with Crippen LogP contribution in [-0.4, -0.2) is 13.1 Å². The highest BCUT2D eigenvalue weighted by molar-refractivity contribution is 5.43. The van der Waals surface area contributed by atoms with E-state index in [4.69, 9.17) is 10.5 Å². The van der Waals surface area contributed by atoms with Gasteiger partial charge in [0, 0.05) is 5.69 Å². The van der Waals surface area contributed by atoms with Crippen molar-refractivity contribution in [2.45, 2.75) is 18.8 Å². The fourth-order valence-electron chi connectivity index (χ4n) is 2.64. The van der Waals surface area contributed by atoms with Crippen LogP contribution in [0.5, 0.6) is 11.5 Å². The van der Waals surface area contributed by atoms with Gasteiger partial charge in [0.15, 0.2) is 0 Å². The number of nitrogens with two attached hydrogens (primary N) is 1. The Hall–Kier alpha value is -2.00. The fraction of sp³-hybridized carbons (Fsp3) is 0.294. The quantitative estimate of drug-likeness (QED) is 0.837. The molecule has 0 atom stereocenters. The van der Waals surface area contributed by atoms with Crippen molar-refractivity contribution in [3.63, 3.8) is 0 Å². The predicted molar refractivity (Wildman–Crippen MR) is 82.2 cm³/mol. The lowest BCUT2D eigenvalue weighted by molar-refractivity contribution is 0.458. The lowest BCUT2D eigenvalue weighted by Gasteiger charge is -2.23. The average molecular weight is 268 g/mol. The molecule has 0 amide bonds. The van der Waals surface area contributed by atoms with Gasteiger partial charge < -0.3 is 15.8 Å². The van der Waals surface area contributed by atoms with Gasteiger partial charge in [-0.2, -0.15) is 0 Å². The summed E-state index contributed by atoms with van der Waals surface area (Å²) in [5, 5.41) is 3.40. The van der Waals surface area contributed by atoms with Crippen LogP contribution in [0.15, 0.2) is 48.5 Å². The first-order chi connectivity index (χ1) is 9.81. The van der Waals surface area contributed by atoms with Gasteiger partial charge in [0.1, 0.15) is 11.5 Å². The topological polar surface area (TPSA) is 47.3 Å². The highest BCUT2D eigenvalue weighted by Crippen LogP contribution is 2.28. The monoisotopic (exact) mass is 268 g/mol. The third kappa shape index (κ3) is 3.11. The first-order valence-corrected chi connectivity index (χ1v) is 7.15. The van der Waals surface area contributed by atoms with Crippen molar-refractivity contribution in [3.05, 3.63) is 54.1 Å². The first-order valence-electron chi connectivity index (χ1n) is 7.15. The summed E-state index contributed by atoms with van der Waals surface area (Å²) in [6, 6.07) is 15.9. The molecule has 1 heterocycles. The minimum atomic E-state index is 0.682. The van der Waals surface area contributed by atoms with Gasteiger partial charge in [-0.15, -0.1) is 0 Å². The van der Waals surface area contributed by atoms with E-state index in [2.05, 4.69) is 17.4 Å². The molecule has 2 aromatic carbocycles. The van der Waals surface area contributed by atoms with Crippen LogP contribution in [0.1, 0.15) is 24.3 Å². The van der Waals surface area contributed by atoms with Crippen molar-refractivity contribution in [2.24, 2.45) is 0 Å². The Labute approximate surface area is 119 Å². The van der Waals surface area contributed by atoms with Gasteiger partial charge in [-0.1, -0.05) is 12.1 Å². The smallest absolute Gasteiger partial charge is 0.127 e. The number of hydrogen-bond acceptors (Lipinski definition) is 3. The molecule has 0 radical (unpaired) electrons. The molecule has 0 spiro atoms. The van der Waals surface area contributed by atoms with Crippen LogP contribution < -0.4 is 15.8 Å². The van der Waals surface area contributed by atoms with Crippen molar-refractivity contribution in [2.75, 3.05) is 18.8 Å². The summed E-state index contributed by atoms with van der Waals surface area (Å²) in [6.07, 6.45) is 2.44. The molecule has 0 unspecified atom stereocenters. The second-order valence-corrected chi connectivity index (χ2v) is 5.26. The van der Waals surface area contributed by atoms with E-state index < -0.39 is 0 Å². The lowest BCUT2D eigenvalue weighted by atomic mass is 9.90. The van der Waals surface area contributed by atoms with Gasteiger partial charge in [-0.05, 0) is 73.8 Å². The molecule has 1 saturated heterocycles. The van der Waals surface area contributed by atoms with Crippen LogP contribution in [0.25, 0.3) is 0 Å². The summed E-state index contributed by atoms with van der Waals surface area (Å²) >= 11 is 0. The van der Waals surface area contributed by atoms with Crippen LogP contribution in [0.3, 0.4) is 0 Å². The maximum Gasteiger partial charge on any atom is 0.127 e. The Balaban J connectivity index is 1.67. The zero-order valence-electron chi connectivity index (χ0n) is 11.5. The number of rotatable bonds is 3. The molecule has 2 aromatic rings. The molecule has 3 nitrogen and oxygen atoms in total. The van der Waals surface area contributed by atoms with E-state index in [1.54, 1.807) is 0 Å². The minimum Gasteiger partial charge on any atom is -0.457 e. The second kappa shape index (κ2) is 5.97. The molecule has 20 heavy (non-hydrogen) atoms. The van der Waals surface area contributed by atoms with Crippen molar-refractivity contribution in [1.29, 1.82) is 0 Å². The molecular weight excluding hydrogens is 248 g/mol. The molecule has 0 bridgehead atoms. The van der Waals surface area contributed by atoms with E-state index in [1.165, 1.54) is 18.4 Å². The molecule has 0 aromatic heterocycles. The van der Waals surface area contributed by atoms with E-state index in [9.17, 15) is 0 Å². The summed E-state index contributed by atoms with van der Waals surface area (Å²) in [5.74, 6) is 2.36. The van der Waals surface area contributed by atoms with Crippen molar-refractivity contribution in [3.8, 4) is 11.5 Å². The Kier molecular flexibility index (Phi) is 3.88. The number of anilines is 1. The van der Waals surface area contributed by atoms with Crippen LogP contribution in [-0.2, 0) is 0 Å². The van der Waals surface area contributed by atoms with Crippen LogP contribution in [0.2, 0.25) is 0 Å². The number of nitrogens with one attached hydrogen (secondary N) is 1. The fourth-order valence-corrected chi connectivity index (χ4v) is 2.64. The zero-order chi connectivity index (χ0) is 13.8. The predicted octanol–water partition coefficient (Wildman–Crippen LogP) is 3.53.